The maximum absolute atomic E-state index is 11.9. The molecule has 90 valence electrons. The van der Waals surface area contributed by atoms with E-state index in [1.165, 1.54) is 12.8 Å². The molecule has 2 unspecified atom stereocenters. The van der Waals surface area contributed by atoms with Gasteiger partial charge in [-0.15, -0.1) is 0 Å². The summed E-state index contributed by atoms with van der Waals surface area (Å²) in [5.74, 6) is 1.12. The van der Waals surface area contributed by atoms with Crippen LogP contribution in [-0.4, -0.2) is 18.5 Å². The van der Waals surface area contributed by atoms with E-state index in [1.807, 2.05) is 0 Å². The molecule has 0 amide bonds. The smallest absolute Gasteiger partial charge is 0.158 e. The molecule has 2 nitrogen and oxygen atoms in total. The number of allylic oxidation sites excluding steroid dienone is 2. The largest absolute Gasteiger partial charge is 0.378 e. The Labute approximate surface area is 98.1 Å². The predicted octanol–water partition coefficient (Wildman–Crippen LogP) is 3.26. The second-order valence-corrected chi connectivity index (χ2v) is 5.21. The monoisotopic (exact) mass is 222 g/mol. The number of hydrogen-bond donors (Lipinski definition) is 0. The van der Waals surface area contributed by atoms with Gasteiger partial charge in [-0.1, -0.05) is 13.0 Å². The van der Waals surface area contributed by atoms with Gasteiger partial charge in [-0.3, -0.25) is 4.79 Å². The van der Waals surface area contributed by atoms with Crippen molar-refractivity contribution in [1.82, 2.24) is 0 Å². The Morgan fingerprint density at radius 2 is 2.38 bits per heavy atom. The summed E-state index contributed by atoms with van der Waals surface area (Å²) in [7, 11) is 0. The third kappa shape index (κ3) is 3.18. The van der Waals surface area contributed by atoms with Crippen LogP contribution in [-0.2, 0) is 9.53 Å². The number of ketones is 1. The van der Waals surface area contributed by atoms with Gasteiger partial charge >= 0.3 is 0 Å². The highest BCUT2D eigenvalue weighted by Gasteiger charge is 2.19. The lowest BCUT2D eigenvalue weighted by molar-refractivity contribution is -0.116. The van der Waals surface area contributed by atoms with Crippen LogP contribution in [0.5, 0.6) is 0 Å². The molecule has 0 N–H and O–H groups in total. The van der Waals surface area contributed by atoms with Crippen LogP contribution >= 0.6 is 0 Å². The fourth-order valence-electron chi connectivity index (χ4n) is 2.54. The van der Waals surface area contributed by atoms with Crippen molar-refractivity contribution >= 4 is 5.78 Å². The highest BCUT2D eigenvalue weighted by atomic mass is 16.5. The van der Waals surface area contributed by atoms with Crippen molar-refractivity contribution in [3.8, 4) is 0 Å². The number of carbonyl (C=O) groups excluding carboxylic acids is 1. The van der Waals surface area contributed by atoms with Crippen LogP contribution in [0.25, 0.3) is 0 Å². The number of rotatable bonds is 4. The van der Waals surface area contributed by atoms with Crippen LogP contribution in [0.1, 0.15) is 51.9 Å². The molecule has 2 atom stereocenters. The van der Waals surface area contributed by atoms with Gasteiger partial charge in [0.05, 0.1) is 6.10 Å². The fourth-order valence-corrected chi connectivity index (χ4v) is 2.54. The zero-order chi connectivity index (χ0) is 11.4. The van der Waals surface area contributed by atoms with Crippen LogP contribution in [0.4, 0.5) is 0 Å². The van der Waals surface area contributed by atoms with Crippen molar-refractivity contribution < 1.29 is 9.53 Å². The molecule has 1 aliphatic heterocycles. The predicted molar refractivity (Wildman–Crippen MR) is 64.3 cm³/mol. The summed E-state index contributed by atoms with van der Waals surface area (Å²) in [5.41, 5.74) is 1.08. The molecule has 0 bridgehead atoms. The maximum atomic E-state index is 11.9. The third-order valence-corrected chi connectivity index (χ3v) is 3.75. The lowest BCUT2D eigenvalue weighted by atomic mass is 9.88. The number of ether oxygens (including phenoxy) is 1. The van der Waals surface area contributed by atoms with Crippen LogP contribution in [0.15, 0.2) is 11.6 Å². The van der Waals surface area contributed by atoms with Gasteiger partial charge in [0, 0.05) is 13.0 Å². The normalized spacial score (nSPS) is 30.2. The second kappa shape index (κ2) is 5.62. The topological polar surface area (TPSA) is 26.3 Å². The van der Waals surface area contributed by atoms with Crippen LogP contribution in [0.2, 0.25) is 0 Å². The summed E-state index contributed by atoms with van der Waals surface area (Å²) >= 11 is 0. The van der Waals surface area contributed by atoms with E-state index < -0.39 is 0 Å². The van der Waals surface area contributed by atoms with E-state index in [9.17, 15) is 4.79 Å². The Kier molecular flexibility index (Phi) is 4.16. The van der Waals surface area contributed by atoms with E-state index >= 15 is 0 Å². The molecule has 1 aliphatic carbocycles. The molecule has 16 heavy (non-hydrogen) atoms. The molecular formula is C14H22O2. The molecule has 2 aliphatic rings. The summed E-state index contributed by atoms with van der Waals surface area (Å²) < 4.78 is 5.54. The van der Waals surface area contributed by atoms with E-state index in [1.54, 1.807) is 0 Å². The number of carbonyl (C=O) groups is 1. The van der Waals surface area contributed by atoms with Gasteiger partial charge in [0.1, 0.15) is 0 Å². The zero-order valence-electron chi connectivity index (χ0n) is 10.2. The van der Waals surface area contributed by atoms with Crippen molar-refractivity contribution in [3.63, 3.8) is 0 Å². The minimum Gasteiger partial charge on any atom is -0.378 e. The minimum absolute atomic E-state index is 0.354. The quantitative estimate of drug-likeness (QED) is 0.729. The molecule has 1 saturated heterocycles. The third-order valence-electron chi connectivity index (χ3n) is 3.75. The van der Waals surface area contributed by atoms with Gasteiger partial charge in [-0.05, 0) is 50.0 Å². The fraction of sp³-hybridized carbons (Fsp3) is 0.786. The standard InChI is InChI=1S/C14H22O2/c1-11-4-6-12(7-5-11)14(15)9-8-13-3-2-10-16-13/h6,11,13H,2-5,7-10H2,1H3. The van der Waals surface area contributed by atoms with Crippen molar-refractivity contribution in [2.24, 2.45) is 5.92 Å². The first-order valence-electron chi connectivity index (χ1n) is 6.59. The summed E-state index contributed by atoms with van der Waals surface area (Å²) in [6.45, 7) is 3.14. The molecule has 0 aromatic heterocycles. The molecule has 0 saturated carbocycles. The SMILES string of the molecule is CC1CC=C(C(=O)CCC2CCCO2)CC1. The Hall–Kier alpha value is -0.630. The Morgan fingerprint density at radius 1 is 1.50 bits per heavy atom. The molecule has 2 heteroatoms. The van der Waals surface area contributed by atoms with E-state index in [2.05, 4.69) is 13.0 Å². The van der Waals surface area contributed by atoms with Gasteiger partial charge in [0.15, 0.2) is 5.78 Å². The molecule has 0 spiro atoms. The Morgan fingerprint density at radius 3 is 3.00 bits per heavy atom. The van der Waals surface area contributed by atoms with Gasteiger partial charge < -0.3 is 4.74 Å². The molecule has 0 aromatic carbocycles. The lowest BCUT2D eigenvalue weighted by Gasteiger charge is -2.17. The highest BCUT2D eigenvalue weighted by Crippen LogP contribution is 2.25. The first kappa shape index (κ1) is 11.8. The van der Waals surface area contributed by atoms with Gasteiger partial charge in [0.25, 0.3) is 0 Å². The van der Waals surface area contributed by atoms with Crippen molar-refractivity contribution in [1.29, 1.82) is 0 Å². The number of Topliss-reactive ketones (excluding diaryl/α,β-unsaturated/α-hetero) is 1. The van der Waals surface area contributed by atoms with Crippen molar-refractivity contribution in [3.05, 3.63) is 11.6 Å². The summed E-state index contributed by atoms with van der Waals surface area (Å²) in [6.07, 6.45) is 9.68. The summed E-state index contributed by atoms with van der Waals surface area (Å²) in [6, 6.07) is 0. The summed E-state index contributed by atoms with van der Waals surface area (Å²) in [4.78, 5) is 11.9. The first-order chi connectivity index (χ1) is 7.75. The molecule has 0 radical (unpaired) electrons. The lowest BCUT2D eigenvalue weighted by Crippen LogP contribution is -2.13. The zero-order valence-corrected chi connectivity index (χ0v) is 10.2. The van der Waals surface area contributed by atoms with Gasteiger partial charge in [0.2, 0.25) is 0 Å². The second-order valence-electron chi connectivity index (χ2n) is 5.21. The summed E-state index contributed by atoms with van der Waals surface area (Å²) in [5, 5.41) is 0. The van der Waals surface area contributed by atoms with E-state index in [-0.39, 0.29) is 0 Å². The molecular weight excluding hydrogens is 200 g/mol. The van der Waals surface area contributed by atoms with E-state index in [0.717, 1.165) is 43.8 Å². The van der Waals surface area contributed by atoms with E-state index in [0.29, 0.717) is 18.3 Å². The van der Waals surface area contributed by atoms with Crippen LogP contribution in [0, 0.1) is 5.92 Å². The molecule has 0 aromatic rings. The van der Waals surface area contributed by atoms with Crippen molar-refractivity contribution in [2.45, 2.75) is 58.0 Å². The molecule has 1 heterocycles. The minimum atomic E-state index is 0.354. The van der Waals surface area contributed by atoms with Crippen LogP contribution < -0.4 is 0 Å². The highest BCUT2D eigenvalue weighted by molar-refractivity contribution is 5.95. The maximum Gasteiger partial charge on any atom is 0.158 e. The van der Waals surface area contributed by atoms with Crippen LogP contribution in [0.3, 0.4) is 0 Å². The van der Waals surface area contributed by atoms with Crippen molar-refractivity contribution in [2.75, 3.05) is 6.61 Å². The number of hydrogen-bond acceptors (Lipinski definition) is 2. The average molecular weight is 222 g/mol. The van der Waals surface area contributed by atoms with Gasteiger partial charge in [-0.2, -0.15) is 0 Å². The van der Waals surface area contributed by atoms with E-state index in [4.69, 9.17) is 4.74 Å². The first-order valence-corrected chi connectivity index (χ1v) is 6.59. The molecule has 2 rings (SSSR count). The average Bonchev–Trinajstić information content (AvgIpc) is 2.80. The Balaban J connectivity index is 1.74. The van der Waals surface area contributed by atoms with Gasteiger partial charge in [-0.25, -0.2) is 0 Å². The Bertz CT molecular complexity index is 274. The molecule has 1 fully saturated rings.